The minimum atomic E-state index is 0.179. The van der Waals surface area contributed by atoms with Crippen molar-refractivity contribution in [1.29, 1.82) is 0 Å². The van der Waals surface area contributed by atoms with Crippen molar-refractivity contribution >= 4 is 0 Å². The SMILES string of the molecule is CCCNC(CC)c1nnc(CCCOC)o1. The third-order valence-corrected chi connectivity index (χ3v) is 2.57. The Labute approximate surface area is 103 Å². The van der Waals surface area contributed by atoms with Gasteiger partial charge >= 0.3 is 0 Å². The summed E-state index contributed by atoms with van der Waals surface area (Å²) in [7, 11) is 1.70. The van der Waals surface area contributed by atoms with Crippen molar-refractivity contribution in [2.45, 2.75) is 45.6 Å². The minimum absolute atomic E-state index is 0.179. The lowest BCUT2D eigenvalue weighted by Crippen LogP contribution is -2.21. The molecule has 0 saturated heterocycles. The molecule has 1 heterocycles. The molecule has 1 aromatic rings. The second kappa shape index (κ2) is 8.20. The molecule has 0 aliphatic rings. The van der Waals surface area contributed by atoms with Crippen molar-refractivity contribution in [2.24, 2.45) is 0 Å². The molecule has 98 valence electrons. The van der Waals surface area contributed by atoms with Crippen LogP contribution in [0.5, 0.6) is 0 Å². The summed E-state index contributed by atoms with van der Waals surface area (Å²) >= 11 is 0. The molecule has 1 unspecified atom stereocenters. The van der Waals surface area contributed by atoms with Crippen LogP contribution < -0.4 is 5.32 Å². The summed E-state index contributed by atoms with van der Waals surface area (Å²) < 4.78 is 10.6. The highest BCUT2D eigenvalue weighted by molar-refractivity contribution is 4.89. The van der Waals surface area contributed by atoms with Crippen LogP contribution in [0, 0.1) is 0 Å². The highest BCUT2D eigenvalue weighted by Crippen LogP contribution is 2.15. The van der Waals surface area contributed by atoms with E-state index < -0.39 is 0 Å². The van der Waals surface area contributed by atoms with Crippen LogP contribution in [0.1, 0.15) is 50.9 Å². The monoisotopic (exact) mass is 241 g/mol. The van der Waals surface area contributed by atoms with Gasteiger partial charge in [-0.05, 0) is 25.8 Å². The summed E-state index contributed by atoms with van der Waals surface area (Å²) in [6.45, 7) is 5.95. The Morgan fingerprint density at radius 2 is 2.18 bits per heavy atom. The van der Waals surface area contributed by atoms with Crippen LogP contribution >= 0.6 is 0 Å². The molecule has 1 atom stereocenters. The number of methoxy groups -OCH3 is 1. The Bertz CT molecular complexity index is 302. The van der Waals surface area contributed by atoms with Gasteiger partial charge in [0.2, 0.25) is 11.8 Å². The van der Waals surface area contributed by atoms with Crippen LogP contribution in [0.15, 0.2) is 4.42 Å². The van der Waals surface area contributed by atoms with Crippen LogP contribution in [-0.4, -0.2) is 30.5 Å². The number of aryl methyl sites for hydroxylation is 1. The summed E-state index contributed by atoms with van der Waals surface area (Å²) in [4.78, 5) is 0. The molecule has 0 aliphatic heterocycles. The Balaban J connectivity index is 2.46. The van der Waals surface area contributed by atoms with Gasteiger partial charge in [0, 0.05) is 20.1 Å². The van der Waals surface area contributed by atoms with E-state index in [9.17, 15) is 0 Å². The van der Waals surface area contributed by atoms with E-state index in [4.69, 9.17) is 9.15 Å². The van der Waals surface area contributed by atoms with Crippen LogP contribution in [0.25, 0.3) is 0 Å². The van der Waals surface area contributed by atoms with E-state index in [1.165, 1.54) is 0 Å². The first-order valence-electron chi connectivity index (χ1n) is 6.36. The third-order valence-electron chi connectivity index (χ3n) is 2.57. The van der Waals surface area contributed by atoms with Gasteiger partial charge in [0.25, 0.3) is 0 Å². The summed E-state index contributed by atoms with van der Waals surface area (Å²) in [6.07, 6.45) is 3.76. The third kappa shape index (κ3) is 4.83. The smallest absolute Gasteiger partial charge is 0.233 e. The lowest BCUT2D eigenvalue weighted by Gasteiger charge is -2.11. The molecule has 0 radical (unpaired) electrons. The number of hydrogen-bond donors (Lipinski definition) is 1. The molecule has 0 saturated carbocycles. The molecule has 1 rings (SSSR count). The Kier molecular flexibility index (Phi) is 6.81. The highest BCUT2D eigenvalue weighted by Gasteiger charge is 2.15. The number of rotatable bonds is 9. The summed E-state index contributed by atoms with van der Waals surface area (Å²) in [5, 5.41) is 11.5. The lowest BCUT2D eigenvalue weighted by molar-refractivity contribution is 0.192. The van der Waals surface area contributed by atoms with Crippen LogP contribution in [0.4, 0.5) is 0 Å². The molecule has 0 amide bonds. The van der Waals surface area contributed by atoms with Crippen molar-refractivity contribution in [3.63, 3.8) is 0 Å². The van der Waals surface area contributed by atoms with Crippen LogP contribution in [-0.2, 0) is 11.2 Å². The quantitative estimate of drug-likeness (QED) is 0.671. The highest BCUT2D eigenvalue weighted by atomic mass is 16.5. The number of nitrogens with zero attached hydrogens (tertiary/aromatic N) is 2. The van der Waals surface area contributed by atoms with Crippen molar-refractivity contribution in [3.05, 3.63) is 11.8 Å². The Morgan fingerprint density at radius 1 is 1.35 bits per heavy atom. The number of nitrogens with one attached hydrogen (secondary N) is 1. The van der Waals surface area contributed by atoms with Crippen molar-refractivity contribution in [1.82, 2.24) is 15.5 Å². The molecule has 5 heteroatoms. The molecule has 0 aromatic carbocycles. The maximum absolute atomic E-state index is 5.64. The van der Waals surface area contributed by atoms with E-state index in [1.54, 1.807) is 7.11 Å². The molecule has 1 aromatic heterocycles. The zero-order valence-corrected chi connectivity index (χ0v) is 11.0. The van der Waals surface area contributed by atoms with Gasteiger partial charge in [0.1, 0.15) is 0 Å². The van der Waals surface area contributed by atoms with Gasteiger partial charge < -0.3 is 14.5 Å². The van der Waals surface area contributed by atoms with Gasteiger partial charge in [-0.3, -0.25) is 0 Å². The largest absolute Gasteiger partial charge is 0.424 e. The van der Waals surface area contributed by atoms with E-state index in [2.05, 4.69) is 29.4 Å². The van der Waals surface area contributed by atoms with Crippen molar-refractivity contribution < 1.29 is 9.15 Å². The second-order valence-corrected chi connectivity index (χ2v) is 4.05. The van der Waals surface area contributed by atoms with Gasteiger partial charge in [0.05, 0.1) is 6.04 Å². The molecule has 0 spiro atoms. The average molecular weight is 241 g/mol. The number of aromatic nitrogens is 2. The summed E-state index contributed by atoms with van der Waals surface area (Å²) in [5.74, 6) is 1.40. The zero-order chi connectivity index (χ0) is 12.5. The van der Waals surface area contributed by atoms with Gasteiger partial charge in [-0.25, -0.2) is 0 Å². The van der Waals surface area contributed by atoms with Crippen LogP contribution in [0.2, 0.25) is 0 Å². The summed E-state index contributed by atoms with van der Waals surface area (Å²) in [6, 6.07) is 0.179. The molecular weight excluding hydrogens is 218 g/mol. The van der Waals surface area contributed by atoms with Crippen molar-refractivity contribution in [2.75, 3.05) is 20.3 Å². The average Bonchev–Trinajstić information content (AvgIpc) is 2.79. The second-order valence-electron chi connectivity index (χ2n) is 4.05. The normalized spacial score (nSPS) is 12.9. The molecule has 17 heavy (non-hydrogen) atoms. The van der Waals surface area contributed by atoms with Crippen molar-refractivity contribution in [3.8, 4) is 0 Å². The fourth-order valence-corrected chi connectivity index (χ4v) is 1.60. The zero-order valence-electron chi connectivity index (χ0n) is 11.0. The minimum Gasteiger partial charge on any atom is -0.424 e. The van der Waals surface area contributed by atoms with Crippen LogP contribution in [0.3, 0.4) is 0 Å². The molecule has 5 nitrogen and oxygen atoms in total. The van der Waals surface area contributed by atoms with E-state index in [-0.39, 0.29) is 6.04 Å². The topological polar surface area (TPSA) is 60.2 Å². The number of hydrogen-bond acceptors (Lipinski definition) is 5. The fraction of sp³-hybridized carbons (Fsp3) is 0.833. The first-order valence-corrected chi connectivity index (χ1v) is 6.36. The Morgan fingerprint density at radius 3 is 2.82 bits per heavy atom. The predicted octanol–water partition coefficient (Wildman–Crippen LogP) is 2.10. The molecule has 0 fully saturated rings. The first kappa shape index (κ1) is 14.1. The van der Waals surface area contributed by atoms with E-state index in [1.807, 2.05) is 0 Å². The van der Waals surface area contributed by atoms with Gasteiger partial charge in [-0.1, -0.05) is 13.8 Å². The molecule has 0 aliphatic carbocycles. The summed E-state index contributed by atoms with van der Waals surface area (Å²) in [5.41, 5.74) is 0. The van der Waals surface area contributed by atoms with E-state index in [0.29, 0.717) is 11.8 Å². The van der Waals surface area contributed by atoms with Gasteiger partial charge in [0.15, 0.2) is 0 Å². The van der Waals surface area contributed by atoms with Gasteiger partial charge in [-0.2, -0.15) is 0 Å². The standard InChI is InChI=1S/C12H23N3O2/c1-4-8-13-10(5-2)12-15-14-11(17-12)7-6-9-16-3/h10,13H,4-9H2,1-3H3. The first-order chi connectivity index (χ1) is 8.31. The predicted molar refractivity (Wildman–Crippen MR) is 65.8 cm³/mol. The molecular formula is C12H23N3O2. The van der Waals surface area contributed by atoms with E-state index in [0.717, 1.165) is 38.8 Å². The molecule has 1 N–H and O–H groups in total. The molecule has 0 bridgehead atoms. The fourth-order valence-electron chi connectivity index (χ4n) is 1.60. The number of ether oxygens (including phenoxy) is 1. The maximum Gasteiger partial charge on any atom is 0.233 e. The Hall–Kier alpha value is -0.940. The lowest BCUT2D eigenvalue weighted by atomic mass is 10.2. The van der Waals surface area contributed by atoms with Gasteiger partial charge in [-0.15, -0.1) is 10.2 Å². The van der Waals surface area contributed by atoms with E-state index >= 15 is 0 Å². The maximum atomic E-state index is 5.64.